The van der Waals surface area contributed by atoms with E-state index in [0.717, 1.165) is 6.42 Å². The molecule has 4 heteroatoms. The van der Waals surface area contributed by atoms with Gasteiger partial charge in [0.15, 0.2) is 0 Å². The number of hydrogen-bond donors (Lipinski definition) is 1. The van der Waals surface area contributed by atoms with E-state index < -0.39 is 0 Å². The molecule has 0 aliphatic carbocycles. The Bertz CT molecular complexity index is 262. The minimum Gasteiger partial charge on any atom is -0.477 e. The fourth-order valence-corrected chi connectivity index (χ4v) is 1.20. The van der Waals surface area contributed by atoms with Crippen molar-refractivity contribution in [2.75, 3.05) is 6.61 Å². The van der Waals surface area contributed by atoms with Crippen molar-refractivity contribution in [2.24, 2.45) is 0 Å². The van der Waals surface area contributed by atoms with Gasteiger partial charge in [-0.2, -0.15) is 0 Å². The molecule has 0 aliphatic heterocycles. The Hall–Kier alpha value is -1.16. The monoisotopic (exact) mass is 210 g/mol. The number of hydrogen-bond acceptors (Lipinski definition) is 4. The molecular weight excluding hydrogens is 192 g/mol. The van der Waals surface area contributed by atoms with Gasteiger partial charge in [0, 0.05) is 0 Å². The molecule has 84 valence electrons. The van der Waals surface area contributed by atoms with Crippen LogP contribution in [0.4, 0.5) is 0 Å². The quantitative estimate of drug-likeness (QED) is 0.699. The SMILES string of the molecule is CCCCCCOc1cnc(CO)cn1. The van der Waals surface area contributed by atoms with E-state index in [2.05, 4.69) is 16.9 Å². The molecule has 15 heavy (non-hydrogen) atoms. The molecule has 0 atom stereocenters. The molecule has 0 spiro atoms. The Balaban J connectivity index is 2.20. The average molecular weight is 210 g/mol. The summed E-state index contributed by atoms with van der Waals surface area (Å²) in [6.07, 6.45) is 7.80. The second-order valence-corrected chi connectivity index (χ2v) is 3.41. The predicted molar refractivity (Wildman–Crippen MR) is 57.6 cm³/mol. The predicted octanol–water partition coefficient (Wildman–Crippen LogP) is 1.93. The van der Waals surface area contributed by atoms with Crippen LogP contribution in [0.1, 0.15) is 38.3 Å². The zero-order chi connectivity index (χ0) is 10.9. The van der Waals surface area contributed by atoms with Crippen LogP contribution in [-0.4, -0.2) is 21.7 Å². The van der Waals surface area contributed by atoms with Crippen molar-refractivity contribution in [2.45, 2.75) is 39.2 Å². The Morgan fingerprint density at radius 2 is 2.07 bits per heavy atom. The van der Waals surface area contributed by atoms with E-state index in [1.807, 2.05) is 0 Å². The summed E-state index contributed by atoms with van der Waals surface area (Å²) < 4.78 is 5.40. The second-order valence-electron chi connectivity index (χ2n) is 3.41. The first kappa shape index (κ1) is 11.9. The summed E-state index contributed by atoms with van der Waals surface area (Å²) >= 11 is 0. The Morgan fingerprint density at radius 1 is 1.20 bits per heavy atom. The van der Waals surface area contributed by atoms with Gasteiger partial charge in [-0.1, -0.05) is 26.2 Å². The smallest absolute Gasteiger partial charge is 0.232 e. The molecular formula is C11H18N2O2. The van der Waals surface area contributed by atoms with Crippen LogP contribution in [-0.2, 0) is 6.61 Å². The van der Waals surface area contributed by atoms with Gasteiger partial charge in [0.2, 0.25) is 5.88 Å². The number of nitrogens with zero attached hydrogens (tertiary/aromatic N) is 2. The highest BCUT2D eigenvalue weighted by molar-refractivity contribution is 5.06. The maximum Gasteiger partial charge on any atom is 0.232 e. The van der Waals surface area contributed by atoms with Crippen molar-refractivity contribution < 1.29 is 9.84 Å². The third-order valence-electron chi connectivity index (χ3n) is 2.09. The third-order valence-corrected chi connectivity index (χ3v) is 2.09. The van der Waals surface area contributed by atoms with Gasteiger partial charge in [-0.25, -0.2) is 4.98 Å². The highest BCUT2D eigenvalue weighted by Gasteiger charge is 1.97. The number of aliphatic hydroxyl groups excluding tert-OH is 1. The van der Waals surface area contributed by atoms with Gasteiger partial charge < -0.3 is 9.84 Å². The van der Waals surface area contributed by atoms with Gasteiger partial charge in [0.25, 0.3) is 0 Å². The standard InChI is InChI=1S/C11H18N2O2/c1-2-3-4-5-6-15-11-8-12-10(9-14)7-13-11/h7-8,14H,2-6,9H2,1H3. The maximum atomic E-state index is 8.76. The lowest BCUT2D eigenvalue weighted by Crippen LogP contribution is -2.00. The maximum absolute atomic E-state index is 8.76. The number of aliphatic hydroxyl groups is 1. The molecule has 0 bridgehead atoms. The number of ether oxygens (including phenoxy) is 1. The molecule has 0 radical (unpaired) electrons. The Kier molecular flexibility index (Phi) is 5.70. The van der Waals surface area contributed by atoms with Crippen LogP contribution >= 0.6 is 0 Å². The minimum absolute atomic E-state index is 0.0796. The molecule has 1 rings (SSSR count). The van der Waals surface area contributed by atoms with Crippen LogP contribution in [0.3, 0.4) is 0 Å². The minimum atomic E-state index is -0.0796. The molecule has 0 saturated heterocycles. The molecule has 4 nitrogen and oxygen atoms in total. The highest BCUT2D eigenvalue weighted by atomic mass is 16.5. The van der Waals surface area contributed by atoms with Crippen LogP contribution in [0, 0.1) is 0 Å². The zero-order valence-electron chi connectivity index (χ0n) is 9.15. The first-order chi connectivity index (χ1) is 7.36. The first-order valence-electron chi connectivity index (χ1n) is 5.41. The fourth-order valence-electron chi connectivity index (χ4n) is 1.20. The summed E-state index contributed by atoms with van der Waals surface area (Å²) in [5, 5.41) is 8.76. The summed E-state index contributed by atoms with van der Waals surface area (Å²) in [7, 11) is 0. The van der Waals surface area contributed by atoms with E-state index in [9.17, 15) is 0 Å². The molecule has 1 aromatic rings. The van der Waals surface area contributed by atoms with E-state index in [4.69, 9.17) is 9.84 Å². The molecule has 0 aliphatic rings. The van der Waals surface area contributed by atoms with Crippen molar-refractivity contribution in [1.82, 2.24) is 9.97 Å². The van der Waals surface area contributed by atoms with Crippen molar-refractivity contribution in [3.05, 3.63) is 18.1 Å². The number of unbranched alkanes of at least 4 members (excludes halogenated alkanes) is 3. The summed E-state index contributed by atoms with van der Waals surface area (Å²) in [5.74, 6) is 0.531. The van der Waals surface area contributed by atoms with E-state index >= 15 is 0 Å². The number of rotatable bonds is 7. The summed E-state index contributed by atoms with van der Waals surface area (Å²) in [6, 6.07) is 0. The van der Waals surface area contributed by atoms with Gasteiger partial charge in [-0.15, -0.1) is 0 Å². The Morgan fingerprint density at radius 3 is 2.67 bits per heavy atom. The van der Waals surface area contributed by atoms with Crippen molar-refractivity contribution in [1.29, 1.82) is 0 Å². The summed E-state index contributed by atoms with van der Waals surface area (Å²) in [6.45, 7) is 2.79. The van der Waals surface area contributed by atoms with Gasteiger partial charge in [-0.05, 0) is 6.42 Å². The van der Waals surface area contributed by atoms with E-state index in [-0.39, 0.29) is 6.61 Å². The molecule has 1 aromatic heterocycles. The van der Waals surface area contributed by atoms with Crippen LogP contribution in [0.5, 0.6) is 5.88 Å². The number of aromatic nitrogens is 2. The fraction of sp³-hybridized carbons (Fsp3) is 0.636. The topological polar surface area (TPSA) is 55.2 Å². The molecule has 1 N–H and O–H groups in total. The molecule has 0 unspecified atom stereocenters. The van der Waals surface area contributed by atoms with Crippen molar-refractivity contribution >= 4 is 0 Å². The molecule has 0 saturated carbocycles. The molecule has 1 heterocycles. The summed E-state index contributed by atoms with van der Waals surface area (Å²) in [5.41, 5.74) is 0.563. The lowest BCUT2D eigenvalue weighted by atomic mass is 10.2. The van der Waals surface area contributed by atoms with E-state index in [0.29, 0.717) is 18.2 Å². The van der Waals surface area contributed by atoms with Crippen LogP contribution in [0.25, 0.3) is 0 Å². The average Bonchev–Trinajstić information content (AvgIpc) is 2.30. The highest BCUT2D eigenvalue weighted by Crippen LogP contribution is 2.06. The van der Waals surface area contributed by atoms with Crippen LogP contribution in [0.2, 0.25) is 0 Å². The van der Waals surface area contributed by atoms with Crippen molar-refractivity contribution in [3.63, 3.8) is 0 Å². The third kappa shape index (κ3) is 4.74. The Labute approximate surface area is 90.3 Å². The van der Waals surface area contributed by atoms with Crippen molar-refractivity contribution in [3.8, 4) is 5.88 Å². The lowest BCUT2D eigenvalue weighted by molar-refractivity contribution is 0.272. The second kappa shape index (κ2) is 7.17. The normalized spacial score (nSPS) is 10.3. The lowest BCUT2D eigenvalue weighted by Gasteiger charge is -2.04. The van der Waals surface area contributed by atoms with E-state index in [1.165, 1.54) is 25.5 Å². The zero-order valence-corrected chi connectivity index (χ0v) is 9.15. The van der Waals surface area contributed by atoms with Crippen LogP contribution < -0.4 is 4.74 Å². The largest absolute Gasteiger partial charge is 0.477 e. The van der Waals surface area contributed by atoms with Gasteiger partial charge in [-0.3, -0.25) is 4.98 Å². The summed E-state index contributed by atoms with van der Waals surface area (Å²) in [4.78, 5) is 8.00. The van der Waals surface area contributed by atoms with Gasteiger partial charge >= 0.3 is 0 Å². The first-order valence-corrected chi connectivity index (χ1v) is 5.41. The molecule has 0 aromatic carbocycles. The van der Waals surface area contributed by atoms with E-state index in [1.54, 1.807) is 6.20 Å². The van der Waals surface area contributed by atoms with Gasteiger partial charge in [0.1, 0.15) is 0 Å². The molecule has 0 fully saturated rings. The van der Waals surface area contributed by atoms with Gasteiger partial charge in [0.05, 0.1) is 31.3 Å². The van der Waals surface area contributed by atoms with Crippen LogP contribution in [0.15, 0.2) is 12.4 Å². The molecule has 0 amide bonds.